The van der Waals surface area contributed by atoms with Crippen molar-refractivity contribution < 1.29 is 33.3 Å². The number of ether oxygens (including phenoxy) is 5. The van der Waals surface area contributed by atoms with E-state index in [9.17, 15) is 9.59 Å². The van der Waals surface area contributed by atoms with Crippen LogP contribution in [0.2, 0.25) is 0 Å². The Morgan fingerprint density at radius 3 is 1.54 bits per heavy atom. The number of carbonyl (C=O) groups is 2. The Balaban J connectivity index is 3.16. The highest BCUT2D eigenvalue weighted by Crippen LogP contribution is 2.09. The summed E-state index contributed by atoms with van der Waals surface area (Å²) in [6, 6.07) is 0. The molecular formula is C19H38N2O7. The second-order valence-electron chi connectivity index (χ2n) is 7.32. The van der Waals surface area contributed by atoms with Crippen LogP contribution < -0.4 is 10.6 Å². The molecule has 0 bridgehead atoms. The van der Waals surface area contributed by atoms with E-state index in [1.54, 1.807) is 0 Å². The van der Waals surface area contributed by atoms with E-state index in [1.807, 2.05) is 0 Å². The lowest BCUT2D eigenvalue weighted by Crippen LogP contribution is -2.34. The summed E-state index contributed by atoms with van der Waals surface area (Å²) >= 11 is 0. The van der Waals surface area contributed by atoms with Crippen molar-refractivity contribution >= 4 is 11.8 Å². The fraction of sp³-hybridized carbons (Fsp3) is 0.895. The normalized spacial score (nSPS) is 11.4. The molecule has 0 radical (unpaired) electrons. The molecule has 166 valence electrons. The molecule has 0 aliphatic carbocycles. The second kappa shape index (κ2) is 17.8. The summed E-state index contributed by atoms with van der Waals surface area (Å²) in [4.78, 5) is 22.2. The third kappa shape index (κ3) is 22.8. The van der Waals surface area contributed by atoms with Gasteiger partial charge >= 0.3 is 0 Å². The predicted molar refractivity (Wildman–Crippen MR) is 105 cm³/mol. The van der Waals surface area contributed by atoms with Gasteiger partial charge in [0.25, 0.3) is 0 Å². The summed E-state index contributed by atoms with van der Waals surface area (Å²) in [6.45, 7) is 13.0. The Morgan fingerprint density at radius 2 is 1.11 bits per heavy atom. The average Bonchev–Trinajstić information content (AvgIpc) is 2.61. The third-order valence-corrected chi connectivity index (χ3v) is 3.16. The number of hydrogen-bond donors (Lipinski definition) is 2. The van der Waals surface area contributed by atoms with Gasteiger partial charge < -0.3 is 34.3 Å². The number of hydrogen-bond acceptors (Lipinski definition) is 7. The molecule has 0 saturated heterocycles. The monoisotopic (exact) mass is 406 g/mol. The quantitative estimate of drug-likeness (QED) is 0.317. The van der Waals surface area contributed by atoms with Crippen LogP contribution in [0.5, 0.6) is 0 Å². The zero-order chi connectivity index (χ0) is 21.1. The van der Waals surface area contributed by atoms with Crippen LogP contribution in [0.1, 0.15) is 27.7 Å². The topological polar surface area (TPSA) is 104 Å². The summed E-state index contributed by atoms with van der Waals surface area (Å²) in [5.41, 5.74) is 0.0618. The van der Waals surface area contributed by atoms with Gasteiger partial charge in [-0.05, 0) is 5.41 Å². The molecule has 0 aromatic rings. The maximum absolute atomic E-state index is 11.5. The molecule has 9 nitrogen and oxygen atoms in total. The van der Waals surface area contributed by atoms with Gasteiger partial charge in [0.15, 0.2) is 0 Å². The lowest BCUT2D eigenvalue weighted by Gasteiger charge is -2.18. The smallest absolute Gasteiger partial charge is 0.246 e. The molecule has 0 atom stereocenters. The maximum Gasteiger partial charge on any atom is 0.246 e. The van der Waals surface area contributed by atoms with Crippen LogP contribution in [0.15, 0.2) is 0 Å². The second-order valence-corrected chi connectivity index (χ2v) is 7.32. The standard InChI is InChI=1S/C19H38N2O7/c1-17(22)20-5-6-24-7-8-25-9-10-26-11-12-27-13-14-28-15-18(23)21-16-19(2,3)4/h5-16H2,1-4H3,(H,20,22)(H,21,23). The van der Waals surface area contributed by atoms with Gasteiger partial charge in [0.05, 0.1) is 59.5 Å². The number of nitrogens with one attached hydrogen (secondary N) is 2. The first-order chi connectivity index (χ1) is 13.3. The van der Waals surface area contributed by atoms with Gasteiger partial charge in [0.1, 0.15) is 6.61 Å². The molecule has 2 N–H and O–H groups in total. The van der Waals surface area contributed by atoms with Gasteiger partial charge in [-0.2, -0.15) is 0 Å². The predicted octanol–water partition coefficient (Wildman–Crippen LogP) is 0.368. The van der Waals surface area contributed by atoms with E-state index >= 15 is 0 Å². The van der Waals surface area contributed by atoms with Crippen LogP contribution in [0.25, 0.3) is 0 Å². The minimum Gasteiger partial charge on any atom is -0.377 e. The number of rotatable bonds is 18. The van der Waals surface area contributed by atoms with Gasteiger partial charge in [0, 0.05) is 20.0 Å². The summed E-state index contributed by atoms with van der Waals surface area (Å²) < 4.78 is 26.6. The summed E-state index contributed by atoms with van der Waals surface area (Å²) in [7, 11) is 0. The summed E-state index contributed by atoms with van der Waals surface area (Å²) in [6.07, 6.45) is 0. The minimum atomic E-state index is -0.114. The largest absolute Gasteiger partial charge is 0.377 e. The Morgan fingerprint density at radius 1 is 0.679 bits per heavy atom. The first-order valence-electron chi connectivity index (χ1n) is 9.71. The molecule has 0 heterocycles. The maximum atomic E-state index is 11.5. The molecule has 0 spiro atoms. The van der Waals surface area contributed by atoms with Crippen LogP contribution in [0, 0.1) is 5.41 Å². The number of amides is 2. The van der Waals surface area contributed by atoms with E-state index in [-0.39, 0.29) is 23.8 Å². The fourth-order valence-electron chi connectivity index (χ4n) is 1.76. The Bertz CT molecular complexity index is 400. The summed E-state index contributed by atoms with van der Waals surface area (Å²) in [5.74, 6) is -0.177. The minimum absolute atomic E-state index is 0.0459. The highest BCUT2D eigenvalue weighted by molar-refractivity contribution is 5.77. The van der Waals surface area contributed by atoms with Crippen molar-refractivity contribution in [2.45, 2.75) is 27.7 Å². The molecule has 0 aliphatic heterocycles. The van der Waals surface area contributed by atoms with Crippen molar-refractivity contribution in [2.75, 3.05) is 79.2 Å². The zero-order valence-electron chi connectivity index (χ0n) is 17.8. The van der Waals surface area contributed by atoms with Crippen molar-refractivity contribution in [3.63, 3.8) is 0 Å². The first kappa shape index (κ1) is 26.7. The van der Waals surface area contributed by atoms with E-state index in [0.717, 1.165) is 0 Å². The van der Waals surface area contributed by atoms with Crippen molar-refractivity contribution in [1.82, 2.24) is 10.6 Å². The summed E-state index contributed by atoms with van der Waals surface area (Å²) in [5, 5.41) is 5.46. The zero-order valence-corrected chi connectivity index (χ0v) is 17.8. The molecule has 9 heteroatoms. The molecule has 2 amide bonds. The van der Waals surface area contributed by atoms with Gasteiger partial charge in [-0.1, -0.05) is 20.8 Å². The molecule has 0 unspecified atom stereocenters. The SMILES string of the molecule is CC(=O)NCCOCCOCCOCCOCCOCC(=O)NCC(C)(C)C. The lowest BCUT2D eigenvalue weighted by molar-refractivity contribution is -0.126. The lowest BCUT2D eigenvalue weighted by atomic mass is 9.97. The van der Waals surface area contributed by atoms with Gasteiger partial charge in [-0.25, -0.2) is 0 Å². The Hall–Kier alpha value is -1.26. The number of carbonyl (C=O) groups excluding carboxylic acids is 2. The molecule has 0 saturated carbocycles. The molecule has 0 aromatic heterocycles. The van der Waals surface area contributed by atoms with E-state index in [2.05, 4.69) is 31.4 Å². The van der Waals surface area contributed by atoms with Crippen molar-refractivity contribution in [1.29, 1.82) is 0 Å². The Labute approximate surface area is 168 Å². The van der Waals surface area contributed by atoms with Crippen molar-refractivity contribution in [2.24, 2.45) is 5.41 Å². The highest BCUT2D eigenvalue weighted by atomic mass is 16.6. The van der Waals surface area contributed by atoms with E-state index in [0.29, 0.717) is 72.6 Å². The molecule has 0 aromatic carbocycles. The fourth-order valence-corrected chi connectivity index (χ4v) is 1.76. The van der Waals surface area contributed by atoms with Crippen molar-refractivity contribution in [3.05, 3.63) is 0 Å². The molecule has 0 fully saturated rings. The van der Waals surface area contributed by atoms with Gasteiger partial charge in [-0.15, -0.1) is 0 Å². The van der Waals surface area contributed by atoms with E-state index in [4.69, 9.17) is 23.7 Å². The molecule has 0 aliphatic rings. The molecular weight excluding hydrogens is 368 g/mol. The highest BCUT2D eigenvalue weighted by Gasteiger charge is 2.11. The van der Waals surface area contributed by atoms with Crippen molar-refractivity contribution in [3.8, 4) is 0 Å². The van der Waals surface area contributed by atoms with Crippen LogP contribution in [0.3, 0.4) is 0 Å². The average molecular weight is 407 g/mol. The van der Waals surface area contributed by atoms with Gasteiger partial charge in [-0.3, -0.25) is 9.59 Å². The van der Waals surface area contributed by atoms with Crippen LogP contribution in [0.4, 0.5) is 0 Å². The Kier molecular flexibility index (Phi) is 17.0. The first-order valence-corrected chi connectivity index (χ1v) is 9.71. The molecule has 0 rings (SSSR count). The van der Waals surface area contributed by atoms with Gasteiger partial charge in [0.2, 0.25) is 11.8 Å². The van der Waals surface area contributed by atoms with E-state index < -0.39 is 0 Å². The van der Waals surface area contributed by atoms with Crippen LogP contribution in [-0.4, -0.2) is 91.0 Å². The molecule has 28 heavy (non-hydrogen) atoms. The van der Waals surface area contributed by atoms with Crippen LogP contribution >= 0.6 is 0 Å². The van der Waals surface area contributed by atoms with E-state index in [1.165, 1.54) is 6.92 Å². The van der Waals surface area contributed by atoms with Crippen LogP contribution in [-0.2, 0) is 33.3 Å². The third-order valence-electron chi connectivity index (χ3n) is 3.16.